The second-order valence-electron chi connectivity index (χ2n) is 17.8. The lowest BCUT2D eigenvalue weighted by Crippen LogP contribution is -2.60. The highest BCUT2D eigenvalue weighted by Crippen LogP contribution is 2.26. The van der Waals surface area contributed by atoms with Gasteiger partial charge in [0.15, 0.2) is 6.29 Å². The Bertz CT molecular complexity index is 1260. The van der Waals surface area contributed by atoms with E-state index >= 15 is 0 Å². The molecule has 0 bridgehead atoms. The predicted molar refractivity (Wildman–Crippen MR) is 257 cm³/mol. The van der Waals surface area contributed by atoms with Gasteiger partial charge in [-0.05, 0) is 70.6 Å². The number of allylic oxidation sites excluding steroid dienone is 6. The molecule has 1 rings (SSSR count). The molecule has 0 aromatic rings. The molecule has 0 aromatic carbocycles. The van der Waals surface area contributed by atoms with Crippen LogP contribution < -0.4 is 0 Å². The molecule has 0 amide bonds. The second kappa shape index (κ2) is 42.7. The second-order valence-corrected chi connectivity index (χ2v) is 18.8. The van der Waals surface area contributed by atoms with Crippen molar-refractivity contribution in [1.29, 1.82) is 0 Å². The highest BCUT2D eigenvalue weighted by molar-refractivity contribution is 7.80. The van der Waals surface area contributed by atoms with E-state index in [0.29, 0.717) is 13.0 Å². The molecule has 0 saturated carbocycles. The summed E-state index contributed by atoms with van der Waals surface area (Å²) in [5.74, 6) is -0.404. The van der Waals surface area contributed by atoms with Crippen LogP contribution in [0.3, 0.4) is 0 Å². The van der Waals surface area contributed by atoms with Gasteiger partial charge >= 0.3 is 16.4 Å². The number of aliphatic hydroxyl groups excluding tert-OH is 3. The van der Waals surface area contributed by atoms with E-state index in [9.17, 15) is 33.1 Å². The van der Waals surface area contributed by atoms with E-state index in [1.807, 2.05) is 0 Å². The summed E-state index contributed by atoms with van der Waals surface area (Å²) in [6, 6.07) is 0. The van der Waals surface area contributed by atoms with E-state index in [-0.39, 0.29) is 19.6 Å². The summed E-state index contributed by atoms with van der Waals surface area (Å²) in [6.45, 7) is 3.98. The number of aliphatic hydroxyl groups is 3. The minimum absolute atomic E-state index is 0.0313. The lowest BCUT2D eigenvalue weighted by molar-refractivity contribution is -0.301. The Hall–Kier alpha value is -1.68. The molecule has 1 aliphatic heterocycles. The number of esters is 1. The Morgan fingerprint density at radius 1 is 0.594 bits per heavy atom. The van der Waals surface area contributed by atoms with E-state index in [2.05, 4.69) is 54.5 Å². The summed E-state index contributed by atoms with van der Waals surface area (Å²) < 4.78 is 59.2. The fourth-order valence-corrected chi connectivity index (χ4v) is 8.32. The molecule has 64 heavy (non-hydrogen) atoms. The first-order valence-electron chi connectivity index (χ1n) is 25.7. The first-order chi connectivity index (χ1) is 31.1. The van der Waals surface area contributed by atoms with Gasteiger partial charge in [-0.3, -0.25) is 9.35 Å². The van der Waals surface area contributed by atoms with Gasteiger partial charge in [-0.15, -0.1) is 0 Å². The van der Waals surface area contributed by atoms with Crippen molar-refractivity contribution in [3.63, 3.8) is 0 Å². The number of carbonyl (C=O) groups excluding carboxylic acids is 1. The predicted octanol–water partition coefficient (Wildman–Crippen LogP) is 11.7. The van der Waals surface area contributed by atoms with Gasteiger partial charge in [0.2, 0.25) is 0 Å². The van der Waals surface area contributed by atoms with Crippen LogP contribution in [0, 0.1) is 0 Å². The minimum atomic E-state index is -5.07. The molecule has 1 aliphatic rings. The van der Waals surface area contributed by atoms with E-state index in [0.717, 1.165) is 57.8 Å². The number of hydrogen-bond acceptors (Lipinski definition) is 11. The third-order valence-electron chi connectivity index (χ3n) is 11.7. The Labute approximate surface area is 390 Å². The van der Waals surface area contributed by atoms with Crippen molar-refractivity contribution >= 4 is 16.4 Å². The maximum atomic E-state index is 12.9. The maximum absolute atomic E-state index is 12.9. The Kier molecular flexibility index (Phi) is 40.2. The average Bonchev–Trinajstić information content (AvgIpc) is 3.27. The average molecular weight is 931 g/mol. The summed E-state index contributed by atoms with van der Waals surface area (Å²) in [5.41, 5.74) is 0. The van der Waals surface area contributed by atoms with Crippen LogP contribution in [0.1, 0.15) is 219 Å². The monoisotopic (exact) mass is 931 g/mol. The third kappa shape index (κ3) is 35.5. The Morgan fingerprint density at radius 2 is 1.03 bits per heavy atom. The SMILES string of the molecule is CCCCCCC/C=C\C/C=C\CCCCCCCCCCCC(=O)OC(COCCCCCCCC/C=C\CCCCCCCC)COC1OC(CO)C(O)C(OS(=O)(=O)O)C1O. The van der Waals surface area contributed by atoms with Crippen LogP contribution in [0.5, 0.6) is 0 Å². The van der Waals surface area contributed by atoms with Crippen LogP contribution in [0.15, 0.2) is 36.5 Å². The summed E-state index contributed by atoms with van der Waals surface area (Å²) in [6.07, 6.45) is 41.7. The van der Waals surface area contributed by atoms with Gasteiger partial charge in [-0.25, -0.2) is 4.18 Å². The maximum Gasteiger partial charge on any atom is 0.397 e. The van der Waals surface area contributed by atoms with E-state index in [1.54, 1.807) is 0 Å². The van der Waals surface area contributed by atoms with E-state index in [1.165, 1.54) is 135 Å². The van der Waals surface area contributed by atoms with Crippen LogP contribution in [-0.4, -0.2) is 97.5 Å². The van der Waals surface area contributed by atoms with Gasteiger partial charge in [0, 0.05) is 13.0 Å². The van der Waals surface area contributed by atoms with Crippen molar-refractivity contribution in [2.24, 2.45) is 0 Å². The largest absolute Gasteiger partial charge is 0.457 e. The molecule has 0 radical (unpaired) electrons. The lowest BCUT2D eigenvalue weighted by Gasteiger charge is -2.41. The van der Waals surface area contributed by atoms with E-state index in [4.69, 9.17) is 18.9 Å². The van der Waals surface area contributed by atoms with Crippen molar-refractivity contribution in [3.05, 3.63) is 36.5 Å². The zero-order valence-corrected chi connectivity index (χ0v) is 41.2. The molecule has 13 heteroatoms. The highest BCUT2D eigenvalue weighted by atomic mass is 32.3. The quantitative estimate of drug-likeness (QED) is 0.0197. The molecular formula is C51H94O12S. The molecule has 376 valence electrons. The van der Waals surface area contributed by atoms with Gasteiger partial charge in [-0.2, -0.15) is 8.42 Å². The van der Waals surface area contributed by atoms with Crippen molar-refractivity contribution in [2.45, 2.75) is 256 Å². The van der Waals surface area contributed by atoms with Gasteiger partial charge in [-0.1, -0.05) is 179 Å². The van der Waals surface area contributed by atoms with Gasteiger partial charge in [0.25, 0.3) is 0 Å². The fourth-order valence-electron chi connectivity index (χ4n) is 7.82. The molecule has 6 unspecified atom stereocenters. The highest BCUT2D eigenvalue weighted by Gasteiger charge is 2.48. The number of hydrogen-bond donors (Lipinski definition) is 4. The van der Waals surface area contributed by atoms with E-state index < -0.39 is 59.8 Å². The van der Waals surface area contributed by atoms with Crippen molar-refractivity contribution < 1.29 is 56.2 Å². The molecule has 12 nitrogen and oxygen atoms in total. The van der Waals surface area contributed by atoms with Crippen molar-refractivity contribution in [3.8, 4) is 0 Å². The molecule has 1 fully saturated rings. The molecular weight excluding hydrogens is 837 g/mol. The number of unbranched alkanes of at least 4 members (excludes halogenated alkanes) is 26. The van der Waals surface area contributed by atoms with Crippen molar-refractivity contribution in [1.82, 2.24) is 0 Å². The molecule has 0 spiro atoms. The molecule has 1 saturated heterocycles. The summed E-state index contributed by atoms with van der Waals surface area (Å²) >= 11 is 0. The summed E-state index contributed by atoms with van der Waals surface area (Å²) in [4.78, 5) is 12.9. The molecule has 0 aliphatic carbocycles. The lowest BCUT2D eigenvalue weighted by atomic mass is 9.99. The smallest absolute Gasteiger partial charge is 0.397 e. The Balaban J connectivity index is 2.36. The van der Waals surface area contributed by atoms with Gasteiger partial charge in [0.1, 0.15) is 30.5 Å². The summed E-state index contributed by atoms with van der Waals surface area (Å²) in [7, 11) is -5.07. The minimum Gasteiger partial charge on any atom is -0.457 e. The number of ether oxygens (including phenoxy) is 4. The van der Waals surface area contributed by atoms with Crippen LogP contribution in [0.25, 0.3) is 0 Å². The van der Waals surface area contributed by atoms with Gasteiger partial charge in [0.05, 0.1) is 19.8 Å². The number of carbonyl (C=O) groups is 1. The molecule has 0 aromatic heterocycles. The summed E-state index contributed by atoms with van der Waals surface area (Å²) in [5, 5.41) is 30.7. The Morgan fingerprint density at radius 3 is 1.50 bits per heavy atom. The fraction of sp³-hybridized carbons (Fsp3) is 0.863. The normalized spacial score (nSPS) is 20.0. The molecule has 1 heterocycles. The number of rotatable bonds is 45. The van der Waals surface area contributed by atoms with Crippen LogP contribution in [0.4, 0.5) is 0 Å². The zero-order chi connectivity index (χ0) is 46.8. The topological polar surface area (TPSA) is 178 Å². The van der Waals surface area contributed by atoms with Crippen LogP contribution in [-0.2, 0) is 38.3 Å². The molecule has 6 atom stereocenters. The zero-order valence-electron chi connectivity index (χ0n) is 40.3. The third-order valence-corrected chi connectivity index (χ3v) is 12.2. The van der Waals surface area contributed by atoms with Gasteiger partial charge < -0.3 is 34.3 Å². The first-order valence-corrected chi connectivity index (χ1v) is 27.1. The van der Waals surface area contributed by atoms with Crippen molar-refractivity contribution in [2.75, 3.05) is 26.4 Å². The standard InChI is InChI=1S/C51H94O12S/c1-3-5-7-9-11-13-15-17-19-21-22-23-24-25-26-28-30-32-34-36-38-40-47(53)61-45(44-60-51-49(55)50(63-64(56,57)58)48(54)46(42-52)62-51)43-59-41-39-37-35-33-31-29-27-20-18-16-14-12-10-8-6-4-2/h15,17-18,20-22,45-46,48-52,54-55H,3-14,16,19,23-44H2,1-2H3,(H,56,57,58)/b17-15-,20-18-,22-21-. The van der Waals surface area contributed by atoms with Crippen LogP contribution >= 0.6 is 0 Å². The first kappa shape index (κ1) is 60.3. The molecule has 4 N–H and O–H groups in total. The van der Waals surface area contributed by atoms with Crippen LogP contribution in [0.2, 0.25) is 0 Å².